The highest BCUT2D eigenvalue weighted by atomic mass is 127. The molecule has 1 aliphatic rings. The van der Waals surface area contributed by atoms with Gasteiger partial charge in [-0.2, -0.15) is 0 Å². The zero-order valence-corrected chi connectivity index (χ0v) is 11.4. The molecule has 2 rings (SSSR count). The Morgan fingerprint density at radius 2 is 2.06 bits per heavy atom. The van der Waals surface area contributed by atoms with Gasteiger partial charge < -0.3 is 15.2 Å². The van der Waals surface area contributed by atoms with E-state index in [1.165, 1.54) is 13.2 Å². The lowest BCUT2D eigenvalue weighted by Gasteiger charge is -2.06. The fourth-order valence-corrected chi connectivity index (χ4v) is 2.11. The number of amides is 3. The topological polar surface area (TPSA) is 87.7 Å². The van der Waals surface area contributed by atoms with E-state index in [0.29, 0.717) is 14.9 Å². The Morgan fingerprint density at radius 1 is 1.33 bits per heavy atom. The Kier molecular flexibility index (Phi) is 3.41. The fraction of sp³-hybridized carbons (Fsp3) is 0.0909. The van der Waals surface area contributed by atoms with Crippen LogP contribution in [-0.2, 0) is 4.79 Å². The van der Waals surface area contributed by atoms with Crippen LogP contribution in [0.3, 0.4) is 0 Å². The van der Waals surface area contributed by atoms with E-state index in [-0.39, 0.29) is 11.4 Å². The standard InChI is InChI=1S/C11H9IN2O4/c1-18-8-4-5(2-6(12)9(8)15)3-7-10(16)14-11(17)13-7/h2-4,15H,1H3,(H2,13,14,16,17). The van der Waals surface area contributed by atoms with E-state index in [9.17, 15) is 14.7 Å². The summed E-state index contributed by atoms with van der Waals surface area (Å²) in [6, 6.07) is 2.69. The lowest BCUT2D eigenvalue weighted by molar-refractivity contribution is -0.115. The number of hydrogen-bond donors (Lipinski definition) is 3. The molecule has 0 saturated carbocycles. The summed E-state index contributed by atoms with van der Waals surface area (Å²) in [6.45, 7) is 0. The smallest absolute Gasteiger partial charge is 0.326 e. The van der Waals surface area contributed by atoms with Gasteiger partial charge in [0.15, 0.2) is 11.5 Å². The van der Waals surface area contributed by atoms with E-state index in [1.807, 2.05) is 22.6 Å². The number of halogens is 1. The third-order valence-electron chi connectivity index (χ3n) is 2.30. The van der Waals surface area contributed by atoms with E-state index < -0.39 is 11.9 Å². The van der Waals surface area contributed by atoms with Crippen molar-refractivity contribution in [3.63, 3.8) is 0 Å². The third-order valence-corrected chi connectivity index (χ3v) is 3.12. The van der Waals surface area contributed by atoms with Crippen LogP contribution in [0.2, 0.25) is 0 Å². The molecule has 0 bridgehead atoms. The summed E-state index contributed by atoms with van der Waals surface area (Å²) >= 11 is 1.95. The number of ether oxygens (including phenoxy) is 1. The van der Waals surface area contributed by atoms with Crippen molar-refractivity contribution in [2.24, 2.45) is 0 Å². The molecule has 3 N–H and O–H groups in total. The Labute approximate surface area is 116 Å². The highest BCUT2D eigenvalue weighted by Crippen LogP contribution is 2.33. The van der Waals surface area contributed by atoms with Crippen LogP contribution in [0.25, 0.3) is 6.08 Å². The maximum atomic E-state index is 11.4. The highest BCUT2D eigenvalue weighted by Gasteiger charge is 2.23. The summed E-state index contributed by atoms with van der Waals surface area (Å²) in [6.07, 6.45) is 1.50. The average molecular weight is 360 g/mol. The van der Waals surface area contributed by atoms with Crippen molar-refractivity contribution in [2.45, 2.75) is 0 Å². The molecule has 1 heterocycles. The second kappa shape index (κ2) is 4.84. The van der Waals surface area contributed by atoms with E-state index in [4.69, 9.17) is 4.74 Å². The Morgan fingerprint density at radius 3 is 2.61 bits per heavy atom. The van der Waals surface area contributed by atoms with E-state index in [1.54, 1.807) is 12.1 Å². The summed E-state index contributed by atoms with van der Waals surface area (Å²) in [5.74, 6) is -0.138. The molecule has 1 saturated heterocycles. The van der Waals surface area contributed by atoms with Crippen molar-refractivity contribution in [2.75, 3.05) is 7.11 Å². The summed E-state index contributed by atoms with van der Waals surface area (Å²) < 4.78 is 5.59. The number of benzene rings is 1. The minimum absolute atomic E-state index is 0.0418. The van der Waals surface area contributed by atoms with Crippen molar-refractivity contribution in [3.05, 3.63) is 27.0 Å². The van der Waals surface area contributed by atoms with E-state index >= 15 is 0 Å². The summed E-state index contributed by atoms with van der Waals surface area (Å²) in [5.41, 5.74) is 0.796. The van der Waals surface area contributed by atoms with Gasteiger partial charge in [-0.1, -0.05) is 0 Å². The predicted octanol–water partition coefficient (Wildman–Crippen LogP) is 1.19. The molecule has 0 aromatic heterocycles. The summed E-state index contributed by atoms with van der Waals surface area (Å²) in [7, 11) is 1.44. The molecule has 0 spiro atoms. The van der Waals surface area contributed by atoms with Gasteiger partial charge in [-0.3, -0.25) is 10.1 Å². The van der Waals surface area contributed by atoms with Crippen molar-refractivity contribution in [1.82, 2.24) is 10.6 Å². The van der Waals surface area contributed by atoms with Crippen LogP contribution in [0.1, 0.15) is 5.56 Å². The van der Waals surface area contributed by atoms with Crippen molar-refractivity contribution in [1.29, 1.82) is 0 Å². The van der Waals surface area contributed by atoms with Crippen LogP contribution >= 0.6 is 22.6 Å². The zero-order chi connectivity index (χ0) is 13.3. The first kappa shape index (κ1) is 12.7. The number of carbonyl (C=O) groups is 2. The van der Waals surface area contributed by atoms with Gasteiger partial charge in [-0.05, 0) is 46.4 Å². The molecule has 18 heavy (non-hydrogen) atoms. The molecular formula is C11H9IN2O4. The monoisotopic (exact) mass is 360 g/mol. The van der Waals surface area contributed by atoms with Gasteiger partial charge >= 0.3 is 6.03 Å². The highest BCUT2D eigenvalue weighted by molar-refractivity contribution is 14.1. The van der Waals surface area contributed by atoms with Gasteiger partial charge in [0, 0.05) is 0 Å². The average Bonchev–Trinajstić information content (AvgIpc) is 2.62. The van der Waals surface area contributed by atoms with Gasteiger partial charge in [0.1, 0.15) is 5.70 Å². The molecule has 7 heteroatoms. The first-order valence-electron chi connectivity index (χ1n) is 4.92. The molecule has 0 atom stereocenters. The first-order valence-corrected chi connectivity index (χ1v) is 5.99. The van der Waals surface area contributed by atoms with Crippen LogP contribution < -0.4 is 15.4 Å². The van der Waals surface area contributed by atoms with Gasteiger partial charge in [-0.15, -0.1) is 0 Å². The third kappa shape index (κ3) is 2.40. The Balaban J connectivity index is 2.41. The number of imide groups is 1. The van der Waals surface area contributed by atoms with Gasteiger partial charge in [-0.25, -0.2) is 4.79 Å². The van der Waals surface area contributed by atoms with Crippen LogP contribution in [0, 0.1) is 3.57 Å². The first-order chi connectivity index (χ1) is 8.51. The molecule has 0 unspecified atom stereocenters. The normalized spacial score (nSPS) is 16.7. The molecular weight excluding hydrogens is 351 g/mol. The van der Waals surface area contributed by atoms with Crippen molar-refractivity contribution >= 4 is 40.6 Å². The Hall–Kier alpha value is -1.77. The minimum atomic E-state index is -0.549. The number of phenolic OH excluding ortho intramolecular Hbond substituents is 1. The molecule has 0 radical (unpaired) electrons. The number of hydrogen-bond acceptors (Lipinski definition) is 4. The van der Waals surface area contributed by atoms with Crippen LogP contribution in [0.4, 0.5) is 4.79 Å². The number of aromatic hydroxyl groups is 1. The SMILES string of the molecule is COc1cc(C=C2NC(=O)NC2=O)cc(I)c1O. The minimum Gasteiger partial charge on any atom is -0.504 e. The predicted molar refractivity (Wildman–Crippen MR) is 72.0 cm³/mol. The molecule has 1 aromatic carbocycles. The number of nitrogens with one attached hydrogen (secondary N) is 2. The molecule has 94 valence electrons. The maximum absolute atomic E-state index is 11.4. The number of urea groups is 1. The Bertz CT molecular complexity index is 568. The molecule has 6 nitrogen and oxygen atoms in total. The maximum Gasteiger partial charge on any atom is 0.326 e. The van der Waals surface area contributed by atoms with Crippen molar-refractivity contribution < 1.29 is 19.4 Å². The molecule has 0 aliphatic carbocycles. The number of rotatable bonds is 2. The van der Waals surface area contributed by atoms with E-state index in [2.05, 4.69) is 10.6 Å². The molecule has 1 aliphatic heterocycles. The summed E-state index contributed by atoms with van der Waals surface area (Å²) in [5, 5.41) is 14.2. The number of phenols is 1. The number of carbonyl (C=O) groups excluding carboxylic acids is 2. The van der Waals surface area contributed by atoms with Gasteiger partial charge in [0.25, 0.3) is 5.91 Å². The lowest BCUT2D eigenvalue weighted by Crippen LogP contribution is -2.22. The van der Waals surface area contributed by atoms with Crippen LogP contribution in [0.5, 0.6) is 11.5 Å². The largest absolute Gasteiger partial charge is 0.504 e. The lowest BCUT2D eigenvalue weighted by atomic mass is 10.1. The van der Waals surface area contributed by atoms with Crippen LogP contribution in [-0.4, -0.2) is 24.2 Å². The van der Waals surface area contributed by atoms with Crippen LogP contribution in [0.15, 0.2) is 17.8 Å². The van der Waals surface area contributed by atoms with Gasteiger partial charge in [0.2, 0.25) is 0 Å². The second-order valence-electron chi connectivity index (χ2n) is 3.52. The fourth-order valence-electron chi connectivity index (χ4n) is 1.48. The van der Waals surface area contributed by atoms with E-state index in [0.717, 1.165) is 0 Å². The molecule has 1 fully saturated rings. The second-order valence-corrected chi connectivity index (χ2v) is 4.68. The number of methoxy groups -OCH3 is 1. The zero-order valence-electron chi connectivity index (χ0n) is 9.28. The van der Waals surface area contributed by atoms with Crippen molar-refractivity contribution in [3.8, 4) is 11.5 Å². The quantitative estimate of drug-likeness (QED) is 0.420. The molecule has 1 aromatic rings. The molecule has 3 amide bonds. The summed E-state index contributed by atoms with van der Waals surface area (Å²) in [4.78, 5) is 22.3. The van der Waals surface area contributed by atoms with Gasteiger partial charge in [0.05, 0.1) is 10.7 Å².